The van der Waals surface area contributed by atoms with Crippen molar-refractivity contribution in [3.05, 3.63) is 107 Å². The third-order valence-electron chi connectivity index (χ3n) is 4.66. The zero-order valence-corrected chi connectivity index (χ0v) is 16.2. The van der Waals surface area contributed by atoms with Crippen molar-refractivity contribution in [2.75, 3.05) is 6.61 Å². The Hall–Kier alpha value is -3.66. The number of ether oxygens (including phenoxy) is 2. The molecular weight excluding hydrogens is 362 g/mol. The number of hydrogen-bond acceptors (Lipinski definition) is 4. The van der Waals surface area contributed by atoms with E-state index in [9.17, 15) is 4.79 Å². The maximum absolute atomic E-state index is 12.3. The number of cyclic esters (lactones) is 1. The molecule has 1 aliphatic heterocycles. The lowest BCUT2D eigenvalue weighted by atomic mass is 10.1. The highest BCUT2D eigenvalue weighted by Crippen LogP contribution is 2.22. The molecule has 0 atom stereocenters. The Morgan fingerprint density at radius 2 is 1.76 bits per heavy atom. The molecule has 0 amide bonds. The van der Waals surface area contributed by atoms with Gasteiger partial charge in [-0.1, -0.05) is 60.7 Å². The van der Waals surface area contributed by atoms with Crippen LogP contribution in [0, 0.1) is 6.92 Å². The first-order valence-corrected chi connectivity index (χ1v) is 9.54. The maximum Gasteiger partial charge on any atom is 0.363 e. The number of aryl methyl sites for hydroxylation is 1. The van der Waals surface area contributed by atoms with Crippen molar-refractivity contribution >= 4 is 17.9 Å². The van der Waals surface area contributed by atoms with Gasteiger partial charge in [0.1, 0.15) is 5.75 Å². The largest absolute Gasteiger partial charge is 0.493 e. The first kappa shape index (κ1) is 18.7. The maximum atomic E-state index is 12.3. The number of rotatable bonds is 6. The number of esters is 1. The van der Waals surface area contributed by atoms with Crippen LogP contribution in [0.3, 0.4) is 0 Å². The lowest BCUT2D eigenvalue weighted by Crippen LogP contribution is -2.06. The van der Waals surface area contributed by atoms with Gasteiger partial charge in [0.2, 0.25) is 5.90 Å². The van der Waals surface area contributed by atoms with E-state index in [1.165, 1.54) is 5.56 Å². The molecule has 4 rings (SSSR count). The van der Waals surface area contributed by atoms with Crippen molar-refractivity contribution in [2.45, 2.75) is 13.3 Å². The van der Waals surface area contributed by atoms with Crippen molar-refractivity contribution in [1.82, 2.24) is 0 Å². The predicted molar refractivity (Wildman–Crippen MR) is 114 cm³/mol. The fourth-order valence-corrected chi connectivity index (χ4v) is 3.12. The van der Waals surface area contributed by atoms with Crippen LogP contribution in [-0.2, 0) is 16.0 Å². The molecule has 4 nitrogen and oxygen atoms in total. The van der Waals surface area contributed by atoms with Gasteiger partial charge < -0.3 is 9.47 Å². The summed E-state index contributed by atoms with van der Waals surface area (Å²) in [4.78, 5) is 16.6. The first-order valence-electron chi connectivity index (χ1n) is 9.54. The van der Waals surface area contributed by atoms with E-state index in [-0.39, 0.29) is 5.70 Å². The molecule has 1 heterocycles. The van der Waals surface area contributed by atoms with Gasteiger partial charge in [0, 0.05) is 12.0 Å². The highest BCUT2D eigenvalue weighted by atomic mass is 16.6. The van der Waals surface area contributed by atoms with Gasteiger partial charge in [0.25, 0.3) is 0 Å². The molecule has 0 saturated carbocycles. The summed E-state index contributed by atoms with van der Waals surface area (Å²) in [6, 6.07) is 25.5. The fourth-order valence-electron chi connectivity index (χ4n) is 3.12. The van der Waals surface area contributed by atoms with Crippen molar-refractivity contribution < 1.29 is 14.3 Å². The molecular formula is C25H21NO3. The molecule has 0 spiro atoms. The monoisotopic (exact) mass is 383 g/mol. The molecule has 0 saturated heterocycles. The minimum absolute atomic E-state index is 0.282. The molecule has 1 aliphatic rings. The van der Waals surface area contributed by atoms with Gasteiger partial charge in [-0.15, -0.1) is 0 Å². The number of carbonyl (C=O) groups is 1. The lowest BCUT2D eigenvalue weighted by Gasteiger charge is -2.07. The molecule has 0 N–H and O–H groups in total. The van der Waals surface area contributed by atoms with Gasteiger partial charge in [-0.25, -0.2) is 9.79 Å². The summed E-state index contributed by atoms with van der Waals surface area (Å²) in [6.07, 6.45) is 2.56. The molecule has 0 aromatic heterocycles. The quantitative estimate of drug-likeness (QED) is 0.446. The van der Waals surface area contributed by atoms with E-state index >= 15 is 0 Å². The van der Waals surface area contributed by atoms with Crippen molar-refractivity contribution in [1.29, 1.82) is 0 Å². The Labute approximate surface area is 170 Å². The van der Waals surface area contributed by atoms with Gasteiger partial charge in [0.15, 0.2) is 5.70 Å². The Bertz CT molecular complexity index is 1080. The third kappa shape index (κ3) is 4.61. The molecule has 0 bridgehead atoms. The number of hydrogen-bond donors (Lipinski definition) is 0. The normalized spacial score (nSPS) is 14.6. The van der Waals surface area contributed by atoms with Crippen molar-refractivity contribution in [2.24, 2.45) is 4.99 Å². The van der Waals surface area contributed by atoms with E-state index < -0.39 is 5.97 Å². The highest BCUT2D eigenvalue weighted by molar-refractivity contribution is 6.13. The van der Waals surface area contributed by atoms with E-state index in [2.05, 4.69) is 17.1 Å². The summed E-state index contributed by atoms with van der Waals surface area (Å²) in [5, 5.41) is 0. The van der Waals surface area contributed by atoms with Gasteiger partial charge in [-0.05, 0) is 47.9 Å². The van der Waals surface area contributed by atoms with E-state index in [4.69, 9.17) is 9.47 Å². The number of aliphatic imine (C=N–C) groups is 1. The Balaban J connectivity index is 1.47. The smallest absolute Gasteiger partial charge is 0.363 e. The Morgan fingerprint density at radius 3 is 2.59 bits per heavy atom. The van der Waals surface area contributed by atoms with E-state index in [1.54, 1.807) is 6.08 Å². The Morgan fingerprint density at radius 1 is 0.966 bits per heavy atom. The van der Waals surface area contributed by atoms with Crippen LogP contribution >= 0.6 is 0 Å². The number of carbonyl (C=O) groups excluding carboxylic acids is 1. The fraction of sp³-hybridized carbons (Fsp3) is 0.120. The minimum Gasteiger partial charge on any atom is -0.493 e. The molecule has 144 valence electrons. The van der Waals surface area contributed by atoms with Crippen molar-refractivity contribution in [3.63, 3.8) is 0 Å². The van der Waals surface area contributed by atoms with Crippen LogP contribution in [0.4, 0.5) is 0 Å². The van der Waals surface area contributed by atoms with Crippen LogP contribution in [0.25, 0.3) is 6.08 Å². The summed E-state index contributed by atoms with van der Waals surface area (Å²) < 4.78 is 11.2. The van der Waals surface area contributed by atoms with Crippen LogP contribution in [0.15, 0.2) is 89.6 Å². The van der Waals surface area contributed by atoms with Gasteiger partial charge in [0.05, 0.1) is 6.61 Å². The van der Waals surface area contributed by atoms with Crippen LogP contribution < -0.4 is 4.74 Å². The number of benzene rings is 3. The lowest BCUT2D eigenvalue weighted by molar-refractivity contribution is -0.129. The standard InChI is InChI=1S/C25H21NO3/c1-18-8-5-6-13-22(18)24-26-23(25(27)29-24)17-20-11-7-12-21(16-20)28-15-14-19-9-3-2-4-10-19/h2-13,16-17H,14-15H2,1H3/b23-17-. The third-order valence-corrected chi connectivity index (χ3v) is 4.66. The second-order valence-electron chi connectivity index (χ2n) is 6.81. The zero-order chi connectivity index (χ0) is 20.1. The summed E-state index contributed by atoms with van der Waals surface area (Å²) in [5.74, 6) is 0.651. The first-order chi connectivity index (χ1) is 14.2. The number of nitrogens with zero attached hydrogens (tertiary/aromatic N) is 1. The average molecular weight is 383 g/mol. The molecule has 29 heavy (non-hydrogen) atoms. The molecule has 0 unspecified atom stereocenters. The second kappa shape index (κ2) is 8.57. The van der Waals surface area contributed by atoms with Crippen molar-refractivity contribution in [3.8, 4) is 5.75 Å². The molecule has 0 aliphatic carbocycles. The summed E-state index contributed by atoms with van der Waals surface area (Å²) in [6.45, 7) is 2.55. The van der Waals surface area contributed by atoms with E-state index in [0.29, 0.717) is 12.5 Å². The molecule has 3 aromatic rings. The molecule has 0 radical (unpaired) electrons. The average Bonchev–Trinajstić information content (AvgIpc) is 3.09. The highest BCUT2D eigenvalue weighted by Gasteiger charge is 2.24. The van der Waals surface area contributed by atoms with Crippen LogP contribution in [0.2, 0.25) is 0 Å². The molecule has 0 fully saturated rings. The molecule has 4 heteroatoms. The molecule has 3 aromatic carbocycles. The van der Waals surface area contributed by atoms with Crippen LogP contribution in [0.5, 0.6) is 5.75 Å². The summed E-state index contributed by atoms with van der Waals surface area (Å²) >= 11 is 0. The van der Waals surface area contributed by atoms with Crippen LogP contribution in [0.1, 0.15) is 22.3 Å². The van der Waals surface area contributed by atoms with E-state index in [1.807, 2.05) is 73.7 Å². The van der Waals surface area contributed by atoms with Crippen LogP contribution in [-0.4, -0.2) is 18.5 Å². The van der Waals surface area contributed by atoms with E-state index in [0.717, 1.165) is 28.9 Å². The summed E-state index contributed by atoms with van der Waals surface area (Å²) in [7, 11) is 0. The zero-order valence-electron chi connectivity index (χ0n) is 16.2. The second-order valence-corrected chi connectivity index (χ2v) is 6.81. The Kier molecular flexibility index (Phi) is 5.52. The van der Waals surface area contributed by atoms with Gasteiger partial charge >= 0.3 is 5.97 Å². The minimum atomic E-state index is -0.446. The summed E-state index contributed by atoms with van der Waals surface area (Å²) in [5.41, 5.74) is 4.18. The topological polar surface area (TPSA) is 47.9 Å². The van der Waals surface area contributed by atoms with Gasteiger partial charge in [-0.3, -0.25) is 0 Å². The van der Waals surface area contributed by atoms with Gasteiger partial charge in [-0.2, -0.15) is 0 Å². The predicted octanol–water partition coefficient (Wildman–Crippen LogP) is 4.96. The SMILES string of the molecule is Cc1ccccc1C1=N/C(=C\c2cccc(OCCc3ccccc3)c2)C(=O)O1.